The minimum atomic E-state index is 0.0923. The monoisotopic (exact) mass is 373 g/mol. The summed E-state index contributed by atoms with van der Waals surface area (Å²) in [4.78, 5) is 4.45. The van der Waals surface area contributed by atoms with Gasteiger partial charge in [-0.3, -0.25) is 4.68 Å². The predicted molar refractivity (Wildman–Crippen MR) is 109 cm³/mol. The molecule has 7 heteroatoms. The summed E-state index contributed by atoms with van der Waals surface area (Å²) >= 11 is 0. The summed E-state index contributed by atoms with van der Waals surface area (Å²) in [7, 11) is 1.93. The highest BCUT2D eigenvalue weighted by atomic mass is 15.2. The minimum absolute atomic E-state index is 0.0923. The van der Waals surface area contributed by atoms with E-state index in [1.165, 1.54) is 5.56 Å². The molecule has 0 radical (unpaired) electrons. The third-order valence-corrected chi connectivity index (χ3v) is 4.99. The molecule has 3 heterocycles. The third-order valence-electron chi connectivity index (χ3n) is 4.99. The van der Waals surface area contributed by atoms with Gasteiger partial charge in [0.05, 0.1) is 35.6 Å². The number of pyridine rings is 1. The first kappa shape index (κ1) is 18.0. The van der Waals surface area contributed by atoms with Crippen LogP contribution in [0.25, 0.3) is 0 Å². The molecule has 1 aliphatic rings. The number of aromatic nitrogens is 3. The Labute approximate surface area is 164 Å². The molecule has 0 aliphatic carbocycles. The Morgan fingerprint density at radius 3 is 2.93 bits per heavy atom. The zero-order valence-electron chi connectivity index (χ0n) is 15.8. The topological polar surface area (TPSA) is 90.6 Å². The van der Waals surface area contributed by atoms with Crippen LogP contribution in [0.15, 0.2) is 55.0 Å². The predicted octanol–water partition coefficient (Wildman–Crippen LogP) is 2.47. The average Bonchev–Trinajstić information content (AvgIpc) is 3.17. The zero-order valence-corrected chi connectivity index (χ0v) is 15.8. The molecule has 3 aromatic rings. The quantitative estimate of drug-likeness (QED) is 0.615. The molecule has 1 aliphatic heterocycles. The molecule has 142 valence electrons. The van der Waals surface area contributed by atoms with E-state index in [-0.39, 0.29) is 12.1 Å². The molecule has 2 aromatic heterocycles. The number of rotatable bonds is 6. The summed E-state index contributed by atoms with van der Waals surface area (Å²) < 4.78 is 1.83. The van der Waals surface area contributed by atoms with Gasteiger partial charge in [0.1, 0.15) is 5.82 Å². The van der Waals surface area contributed by atoms with Gasteiger partial charge in [0, 0.05) is 31.5 Å². The summed E-state index contributed by atoms with van der Waals surface area (Å²) in [6, 6.07) is 14.1. The van der Waals surface area contributed by atoms with Crippen LogP contribution >= 0.6 is 0 Å². The van der Waals surface area contributed by atoms with Gasteiger partial charge < -0.3 is 16.0 Å². The summed E-state index contributed by atoms with van der Waals surface area (Å²) in [6.07, 6.45) is 6.65. The van der Waals surface area contributed by atoms with Crippen molar-refractivity contribution in [3.05, 3.63) is 71.7 Å². The molecule has 28 heavy (non-hydrogen) atoms. The van der Waals surface area contributed by atoms with Gasteiger partial charge >= 0.3 is 0 Å². The van der Waals surface area contributed by atoms with Gasteiger partial charge in [0.2, 0.25) is 0 Å². The van der Waals surface area contributed by atoms with Gasteiger partial charge in [-0.1, -0.05) is 12.1 Å². The summed E-state index contributed by atoms with van der Waals surface area (Å²) in [6.45, 7) is 1.61. The fourth-order valence-electron chi connectivity index (χ4n) is 3.52. The lowest BCUT2D eigenvalue weighted by molar-refractivity contribution is 0.471. The van der Waals surface area contributed by atoms with Crippen LogP contribution in [0, 0.1) is 11.3 Å². The van der Waals surface area contributed by atoms with Gasteiger partial charge in [-0.25, -0.2) is 4.98 Å². The Balaban J connectivity index is 1.46. The fraction of sp³-hybridized carbons (Fsp3) is 0.286. The highest BCUT2D eigenvalue weighted by molar-refractivity contribution is 5.67. The van der Waals surface area contributed by atoms with Gasteiger partial charge in [-0.15, -0.1) is 0 Å². The first-order valence-electron chi connectivity index (χ1n) is 9.39. The number of nitrogens with one attached hydrogen (secondary N) is 3. The zero-order chi connectivity index (χ0) is 19.3. The van der Waals surface area contributed by atoms with Gasteiger partial charge in [-0.05, 0) is 42.8 Å². The number of fused-ring (bicyclic) bond motifs is 1. The van der Waals surface area contributed by atoms with Gasteiger partial charge in [0.15, 0.2) is 0 Å². The molecule has 7 nitrogen and oxygen atoms in total. The van der Waals surface area contributed by atoms with E-state index in [9.17, 15) is 0 Å². The SMILES string of the molecule is Cn1cc(C(NCCc2ccc(C#N)cc2)[C@H]2CNc3cccnc3N2)cn1. The van der Waals surface area contributed by atoms with Crippen LogP contribution in [0.5, 0.6) is 0 Å². The van der Waals surface area contributed by atoms with Crippen molar-refractivity contribution >= 4 is 11.5 Å². The van der Waals surface area contributed by atoms with Crippen LogP contribution in [0.1, 0.15) is 22.7 Å². The van der Waals surface area contributed by atoms with Crippen LogP contribution in [-0.4, -0.2) is 33.9 Å². The van der Waals surface area contributed by atoms with Crippen molar-refractivity contribution in [2.45, 2.75) is 18.5 Å². The Bertz CT molecular complexity index is 971. The Morgan fingerprint density at radius 1 is 1.32 bits per heavy atom. The molecule has 1 unspecified atom stereocenters. The van der Waals surface area contributed by atoms with Crippen molar-refractivity contribution in [3.8, 4) is 6.07 Å². The Hall–Kier alpha value is -3.37. The largest absolute Gasteiger partial charge is 0.380 e. The molecule has 0 saturated heterocycles. The van der Waals surface area contributed by atoms with Crippen LogP contribution < -0.4 is 16.0 Å². The number of hydrogen-bond acceptors (Lipinski definition) is 6. The summed E-state index contributed by atoms with van der Waals surface area (Å²) in [5.74, 6) is 0.876. The maximum absolute atomic E-state index is 8.93. The lowest BCUT2D eigenvalue weighted by Gasteiger charge is -2.33. The van der Waals surface area contributed by atoms with Crippen molar-refractivity contribution in [1.82, 2.24) is 20.1 Å². The standard InChI is InChI=1S/C21H23N7/c1-28-14-17(12-26-28)20(19-13-25-18-3-2-9-24-21(18)27-19)23-10-8-15-4-6-16(11-22)7-5-15/h2-7,9,12,14,19-20,23,25H,8,10,13H2,1H3,(H,24,27)/t19-,20?/m1/s1. The van der Waals surface area contributed by atoms with Gasteiger partial charge in [-0.2, -0.15) is 10.4 Å². The molecular formula is C21H23N7. The molecular weight excluding hydrogens is 350 g/mol. The Kier molecular flexibility index (Phi) is 5.22. The van der Waals surface area contributed by atoms with Crippen molar-refractivity contribution in [3.63, 3.8) is 0 Å². The molecule has 0 fully saturated rings. The second kappa shape index (κ2) is 8.11. The number of hydrogen-bond donors (Lipinski definition) is 3. The van der Waals surface area contributed by atoms with Crippen molar-refractivity contribution in [2.75, 3.05) is 23.7 Å². The first-order valence-corrected chi connectivity index (χ1v) is 9.39. The average molecular weight is 373 g/mol. The maximum Gasteiger partial charge on any atom is 0.149 e. The van der Waals surface area contributed by atoms with Crippen LogP contribution in [0.3, 0.4) is 0 Å². The molecule has 2 atom stereocenters. The van der Waals surface area contributed by atoms with E-state index in [0.717, 1.165) is 36.6 Å². The first-order chi connectivity index (χ1) is 13.7. The van der Waals surface area contributed by atoms with Crippen LogP contribution in [-0.2, 0) is 13.5 Å². The molecule has 0 spiro atoms. The number of aryl methyl sites for hydroxylation is 1. The molecule has 3 N–H and O–H groups in total. The van der Waals surface area contributed by atoms with Gasteiger partial charge in [0.25, 0.3) is 0 Å². The smallest absolute Gasteiger partial charge is 0.149 e. The van der Waals surface area contributed by atoms with E-state index in [0.29, 0.717) is 5.56 Å². The molecule has 0 bridgehead atoms. The van der Waals surface area contributed by atoms with Crippen LogP contribution in [0.2, 0.25) is 0 Å². The Morgan fingerprint density at radius 2 is 2.18 bits per heavy atom. The highest BCUT2D eigenvalue weighted by Gasteiger charge is 2.28. The number of benzene rings is 1. The van der Waals surface area contributed by atoms with E-state index >= 15 is 0 Å². The number of nitriles is 1. The maximum atomic E-state index is 8.93. The van der Waals surface area contributed by atoms with Crippen molar-refractivity contribution < 1.29 is 0 Å². The second-order valence-corrected chi connectivity index (χ2v) is 6.97. The molecule has 4 rings (SSSR count). The lowest BCUT2D eigenvalue weighted by atomic mass is 10.00. The lowest BCUT2D eigenvalue weighted by Crippen LogP contribution is -2.44. The summed E-state index contributed by atoms with van der Waals surface area (Å²) in [5, 5.41) is 24.0. The number of anilines is 2. The van der Waals surface area contributed by atoms with E-state index in [1.807, 2.05) is 54.3 Å². The van der Waals surface area contributed by atoms with Crippen molar-refractivity contribution in [2.24, 2.45) is 7.05 Å². The van der Waals surface area contributed by atoms with Crippen molar-refractivity contribution in [1.29, 1.82) is 5.26 Å². The van der Waals surface area contributed by atoms with E-state index < -0.39 is 0 Å². The van der Waals surface area contributed by atoms with E-state index in [4.69, 9.17) is 5.26 Å². The summed E-state index contributed by atoms with van der Waals surface area (Å²) in [5.41, 5.74) is 4.06. The highest BCUT2D eigenvalue weighted by Crippen LogP contribution is 2.28. The molecule has 0 amide bonds. The third kappa shape index (κ3) is 3.97. The molecule has 0 saturated carbocycles. The molecule has 1 aromatic carbocycles. The van der Waals surface area contributed by atoms with Crippen LogP contribution in [0.4, 0.5) is 11.5 Å². The fourth-order valence-corrected chi connectivity index (χ4v) is 3.52. The second-order valence-electron chi connectivity index (χ2n) is 6.97. The number of nitrogens with zero attached hydrogens (tertiary/aromatic N) is 4. The minimum Gasteiger partial charge on any atom is -0.380 e. The van der Waals surface area contributed by atoms with E-state index in [2.05, 4.69) is 38.3 Å². The van der Waals surface area contributed by atoms with E-state index in [1.54, 1.807) is 6.20 Å². The normalized spacial score (nSPS) is 16.4.